The Bertz CT molecular complexity index is 415. The monoisotopic (exact) mass is 274 g/mol. The van der Waals surface area contributed by atoms with Crippen molar-refractivity contribution in [3.8, 4) is 0 Å². The van der Waals surface area contributed by atoms with Crippen LogP contribution < -0.4 is 5.32 Å². The van der Waals surface area contributed by atoms with Gasteiger partial charge in [0.15, 0.2) is 0 Å². The Labute approximate surface area is 124 Å². The summed E-state index contributed by atoms with van der Waals surface area (Å²) in [5.74, 6) is 1.51. The molecule has 1 aliphatic carbocycles. The molecule has 2 rings (SSSR count). The molecule has 1 aromatic carbocycles. The zero-order valence-corrected chi connectivity index (χ0v) is 13.7. The van der Waals surface area contributed by atoms with E-state index in [2.05, 4.69) is 75.4 Å². The Hall–Kier alpha value is -0.860. The Balaban J connectivity index is 2.15. The molecule has 0 amide bonds. The van der Waals surface area contributed by atoms with Gasteiger partial charge >= 0.3 is 0 Å². The first-order valence-electron chi connectivity index (χ1n) is 8.00. The number of benzene rings is 1. The van der Waals surface area contributed by atoms with Gasteiger partial charge in [0.2, 0.25) is 0 Å². The van der Waals surface area contributed by atoms with Crippen molar-refractivity contribution in [3.05, 3.63) is 35.9 Å². The van der Waals surface area contributed by atoms with Crippen molar-refractivity contribution >= 4 is 0 Å². The molecule has 0 aliphatic heterocycles. The maximum Gasteiger partial charge on any atom is 0.0328 e. The number of hydrogen-bond acceptors (Lipinski definition) is 2. The van der Waals surface area contributed by atoms with E-state index >= 15 is 0 Å². The third-order valence-electron chi connectivity index (χ3n) is 5.33. The van der Waals surface area contributed by atoms with E-state index < -0.39 is 0 Å². The van der Waals surface area contributed by atoms with E-state index in [-0.39, 0.29) is 5.54 Å². The highest BCUT2D eigenvalue weighted by Crippen LogP contribution is 2.52. The van der Waals surface area contributed by atoms with E-state index in [1.165, 1.54) is 18.4 Å². The zero-order valence-electron chi connectivity index (χ0n) is 13.7. The van der Waals surface area contributed by atoms with Gasteiger partial charge in [0, 0.05) is 11.6 Å². The largest absolute Gasteiger partial charge is 0.312 e. The lowest BCUT2D eigenvalue weighted by Gasteiger charge is -2.43. The number of nitrogens with one attached hydrogen (secondary N) is 1. The molecule has 0 heterocycles. The van der Waals surface area contributed by atoms with Crippen LogP contribution in [0.5, 0.6) is 0 Å². The molecule has 0 radical (unpaired) electrons. The van der Waals surface area contributed by atoms with Gasteiger partial charge in [-0.25, -0.2) is 0 Å². The summed E-state index contributed by atoms with van der Waals surface area (Å²) in [5.41, 5.74) is 1.74. The molecule has 2 nitrogen and oxygen atoms in total. The summed E-state index contributed by atoms with van der Waals surface area (Å²) in [6.07, 6.45) is 2.50. The lowest BCUT2D eigenvalue weighted by atomic mass is 9.83. The Morgan fingerprint density at radius 3 is 2.40 bits per heavy atom. The summed E-state index contributed by atoms with van der Waals surface area (Å²) >= 11 is 0. The quantitative estimate of drug-likeness (QED) is 0.818. The van der Waals surface area contributed by atoms with Crippen molar-refractivity contribution in [3.63, 3.8) is 0 Å². The van der Waals surface area contributed by atoms with Crippen LogP contribution in [0.4, 0.5) is 0 Å². The second kappa shape index (κ2) is 6.28. The van der Waals surface area contributed by atoms with Gasteiger partial charge in [0.25, 0.3) is 0 Å². The smallest absolute Gasteiger partial charge is 0.0328 e. The van der Waals surface area contributed by atoms with Crippen LogP contribution in [0.1, 0.15) is 45.1 Å². The highest BCUT2D eigenvalue weighted by molar-refractivity contribution is 5.28. The second-order valence-electron chi connectivity index (χ2n) is 6.56. The van der Waals surface area contributed by atoms with Gasteiger partial charge in [0.05, 0.1) is 0 Å². The molecular weight excluding hydrogens is 244 g/mol. The number of hydrogen-bond donors (Lipinski definition) is 1. The number of likely N-dealkylation sites (N-methyl/N-ethyl adjacent to an activating group) is 2. The predicted octanol–water partition coefficient (Wildman–Crippen LogP) is 3.50. The fourth-order valence-corrected chi connectivity index (χ4v) is 3.53. The highest BCUT2D eigenvalue weighted by Gasteiger charge is 2.50. The second-order valence-corrected chi connectivity index (χ2v) is 6.56. The topological polar surface area (TPSA) is 15.3 Å². The van der Waals surface area contributed by atoms with Crippen LogP contribution >= 0.6 is 0 Å². The molecule has 2 heteroatoms. The van der Waals surface area contributed by atoms with Gasteiger partial charge in [-0.1, -0.05) is 44.2 Å². The maximum absolute atomic E-state index is 3.78. The van der Waals surface area contributed by atoms with Crippen LogP contribution in [0.3, 0.4) is 0 Å². The molecule has 1 fully saturated rings. The predicted molar refractivity (Wildman–Crippen MR) is 87.1 cm³/mol. The number of rotatable bonds is 7. The number of nitrogens with zero attached hydrogens (tertiary/aromatic N) is 1. The molecule has 1 aromatic rings. The van der Waals surface area contributed by atoms with E-state index in [0.29, 0.717) is 6.04 Å². The van der Waals surface area contributed by atoms with Crippen LogP contribution in [-0.4, -0.2) is 37.1 Å². The lowest BCUT2D eigenvalue weighted by Crippen LogP contribution is -2.58. The normalized spacial score (nSPS) is 26.3. The van der Waals surface area contributed by atoms with Crippen molar-refractivity contribution in [2.24, 2.45) is 5.92 Å². The molecule has 1 aliphatic rings. The maximum atomic E-state index is 3.78. The first kappa shape index (κ1) is 15.5. The molecule has 1 saturated carbocycles. The fraction of sp³-hybridized carbons (Fsp3) is 0.667. The van der Waals surface area contributed by atoms with E-state index in [0.717, 1.165) is 18.4 Å². The fourth-order valence-electron chi connectivity index (χ4n) is 3.53. The van der Waals surface area contributed by atoms with Gasteiger partial charge in [-0.05, 0) is 57.8 Å². The van der Waals surface area contributed by atoms with Gasteiger partial charge in [-0.3, -0.25) is 0 Å². The highest BCUT2D eigenvalue weighted by atomic mass is 15.2. The molecule has 4 atom stereocenters. The Morgan fingerprint density at radius 1 is 1.25 bits per heavy atom. The molecule has 20 heavy (non-hydrogen) atoms. The van der Waals surface area contributed by atoms with Crippen LogP contribution in [0.15, 0.2) is 30.3 Å². The minimum absolute atomic E-state index is 0.226. The molecule has 0 saturated heterocycles. The molecule has 0 aromatic heterocycles. The van der Waals surface area contributed by atoms with Crippen molar-refractivity contribution in [1.29, 1.82) is 0 Å². The molecule has 0 spiro atoms. The average Bonchev–Trinajstić information content (AvgIpc) is 3.24. The first-order valence-corrected chi connectivity index (χ1v) is 8.00. The summed E-state index contributed by atoms with van der Waals surface area (Å²) in [6.45, 7) is 7.98. The molecular formula is C18H30N2. The third-order valence-corrected chi connectivity index (χ3v) is 5.33. The van der Waals surface area contributed by atoms with Gasteiger partial charge in [0.1, 0.15) is 0 Å². The van der Waals surface area contributed by atoms with Gasteiger partial charge in [-0.2, -0.15) is 0 Å². The molecule has 0 bridgehead atoms. The minimum Gasteiger partial charge on any atom is -0.312 e. The summed E-state index contributed by atoms with van der Waals surface area (Å²) in [5, 5.41) is 3.78. The summed E-state index contributed by atoms with van der Waals surface area (Å²) < 4.78 is 0. The third kappa shape index (κ3) is 2.91. The average molecular weight is 274 g/mol. The summed E-state index contributed by atoms with van der Waals surface area (Å²) in [4.78, 5) is 2.40. The van der Waals surface area contributed by atoms with E-state index in [9.17, 15) is 0 Å². The molecule has 4 unspecified atom stereocenters. The van der Waals surface area contributed by atoms with E-state index in [4.69, 9.17) is 0 Å². The molecule has 1 N–H and O–H groups in total. The SMILES string of the molecule is CCNC(C1CC1c1ccccc1)C(C)(CC)N(C)C. The van der Waals surface area contributed by atoms with Crippen molar-refractivity contribution in [2.75, 3.05) is 20.6 Å². The van der Waals surface area contributed by atoms with Crippen LogP contribution in [0.25, 0.3) is 0 Å². The minimum atomic E-state index is 0.226. The Morgan fingerprint density at radius 2 is 1.90 bits per heavy atom. The summed E-state index contributed by atoms with van der Waals surface area (Å²) in [7, 11) is 4.43. The van der Waals surface area contributed by atoms with E-state index in [1.54, 1.807) is 0 Å². The standard InChI is InChI=1S/C18H30N2/c1-6-18(3,20(4)5)17(19-7-2)16-13-15(16)14-11-9-8-10-12-14/h8-12,15-17,19H,6-7,13H2,1-5H3. The van der Waals surface area contributed by atoms with Gasteiger partial charge < -0.3 is 10.2 Å². The summed E-state index contributed by atoms with van der Waals surface area (Å²) in [6, 6.07) is 11.6. The molecule has 112 valence electrons. The van der Waals surface area contributed by atoms with Crippen LogP contribution in [0.2, 0.25) is 0 Å². The lowest BCUT2D eigenvalue weighted by molar-refractivity contribution is 0.101. The first-order chi connectivity index (χ1) is 9.54. The van der Waals surface area contributed by atoms with Crippen LogP contribution in [0, 0.1) is 5.92 Å². The van der Waals surface area contributed by atoms with Crippen molar-refractivity contribution < 1.29 is 0 Å². The van der Waals surface area contributed by atoms with Crippen LogP contribution in [-0.2, 0) is 0 Å². The van der Waals surface area contributed by atoms with Gasteiger partial charge in [-0.15, -0.1) is 0 Å². The van der Waals surface area contributed by atoms with Crippen molar-refractivity contribution in [1.82, 2.24) is 10.2 Å². The van der Waals surface area contributed by atoms with Crippen molar-refractivity contribution in [2.45, 2.75) is 51.1 Å². The zero-order chi connectivity index (χ0) is 14.8. The Kier molecular flexibility index (Phi) is 4.87. The van der Waals surface area contributed by atoms with E-state index in [1.807, 2.05) is 0 Å².